The summed E-state index contributed by atoms with van der Waals surface area (Å²) < 4.78 is 1.97. The van der Waals surface area contributed by atoms with Crippen molar-refractivity contribution in [1.82, 2.24) is 14.8 Å². The second-order valence-electron chi connectivity index (χ2n) is 4.75. The molecular weight excluding hydrogens is 332 g/mol. The van der Waals surface area contributed by atoms with Crippen molar-refractivity contribution in [2.75, 3.05) is 5.75 Å². The van der Waals surface area contributed by atoms with Gasteiger partial charge in [0, 0.05) is 26.4 Å². The lowest BCUT2D eigenvalue weighted by Gasteiger charge is -2.30. The smallest absolute Gasteiger partial charge is 0.390 e. The van der Waals surface area contributed by atoms with Crippen LogP contribution in [-0.4, -0.2) is 25.4 Å². The van der Waals surface area contributed by atoms with Gasteiger partial charge in [0.2, 0.25) is 0 Å². The molecule has 1 aromatic rings. The van der Waals surface area contributed by atoms with Gasteiger partial charge >= 0.3 is 5.95 Å². The lowest BCUT2D eigenvalue weighted by molar-refractivity contribution is -0.394. The number of nitro groups is 1. The third-order valence-electron chi connectivity index (χ3n) is 3.16. The molecule has 0 aliphatic carbocycles. The molecule has 0 N–H and O–H groups in total. The van der Waals surface area contributed by atoms with E-state index in [1.54, 1.807) is 4.68 Å². The van der Waals surface area contributed by atoms with Crippen LogP contribution >= 0.6 is 28.6 Å². The normalized spacial score (nSPS) is 11.8. The highest BCUT2D eigenvalue weighted by molar-refractivity contribution is 9.10. The van der Waals surface area contributed by atoms with E-state index in [2.05, 4.69) is 52.5 Å². The molecule has 0 saturated carbocycles. The third-order valence-corrected chi connectivity index (χ3v) is 4.42. The fraction of sp³-hybridized carbons (Fsp3) is 0.818. The Morgan fingerprint density at radius 3 is 2.37 bits per heavy atom. The summed E-state index contributed by atoms with van der Waals surface area (Å²) in [5, 5.41) is 14.6. The van der Waals surface area contributed by atoms with E-state index >= 15 is 0 Å². The molecule has 1 aromatic heterocycles. The average molecular weight is 351 g/mol. The molecular formula is C11H19BrN4O2S. The zero-order chi connectivity index (χ0) is 14.5. The summed E-state index contributed by atoms with van der Waals surface area (Å²) in [5.41, 5.74) is 0.0106. The number of rotatable bonds is 8. The molecule has 0 unspecified atom stereocenters. The number of nitrogens with zero attached hydrogens (tertiary/aromatic N) is 4. The van der Waals surface area contributed by atoms with E-state index in [0.717, 1.165) is 31.4 Å². The highest BCUT2D eigenvalue weighted by Crippen LogP contribution is 2.34. The van der Waals surface area contributed by atoms with Crippen LogP contribution in [-0.2, 0) is 6.54 Å². The molecule has 0 aliphatic heterocycles. The Hall–Kier alpha value is -0.630. The van der Waals surface area contributed by atoms with E-state index < -0.39 is 4.92 Å². The van der Waals surface area contributed by atoms with Crippen molar-refractivity contribution < 1.29 is 4.92 Å². The van der Waals surface area contributed by atoms with Gasteiger partial charge in [0.25, 0.3) is 4.73 Å². The Labute approximate surface area is 126 Å². The first kappa shape index (κ1) is 16.4. The Morgan fingerprint density at radius 1 is 1.42 bits per heavy atom. The van der Waals surface area contributed by atoms with E-state index in [4.69, 9.17) is 0 Å². The van der Waals surface area contributed by atoms with Gasteiger partial charge in [-0.15, -0.1) is 0 Å². The van der Waals surface area contributed by atoms with Gasteiger partial charge in [-0.05, 0) is 28.5 Å². The lowest BCUT2D eigenvalue weighted by atomic mass is 9.81. The SMILES string of the molecule is CCCC(CS)(CCC)Cn1nc([N+](=O)[O-])nc1Br. The Morgan fingerprint density at radius 2 is 2.00 bits per heavy atom. The van der Waals surface area contributed by atoms with Gasteiger partial charge in [0.15, 0.2) is 0 Å². The van der Waals surface area contributed by atoms with Crippen molar-refractivity contribution in [3.63, 3.8) is 0 Å². The summed E-state index contributed by atoms with van der Waals surface area (Å²) in [6, 6.07) is 0. The first-order valence-corrected chi connectivity index (χ1v) is 7.76. The molecule has 0 fully saturated rings. The summed E-state index contributed by atoms with van der Waals surface area (Å²) in [6.07, 6.45) is 4.14. The predicted molar refractivity (Wildman–Crippen MR) is 80.5 cm³/mol. The molecule has 0 aliphatic rings. The molecule has 19 heavy (non-hydrogen) atoms. The van der Waals surface area contributed by atoms with Crippen molar-refractivity contribution in [3.05, 3.63) is 14.8 Å². The summed E-state index contributed by atoms with van der Waals surface area (Å²) in [4.78, 5) is 13.9. The molecule has 0 amide bonds. The van der Waals surface area contributed by atoms with Crippen LogP contribution in [0.3, 0.4) is 0 Å². The van der Waals surface area contributed by atoms with E-state index in [-0.39, 0.29) is 11.4 Å². The summed E-state index contributed by atoms with van der Waals surface area (Å²) in [5.74, 6) is 0.363. The van der Waals surface area contributed by atoms with E-state index in [0.29, 0.717) is 11.3 Å². The molecule has 0 radical (unpaired) electrons. The first-order chi connectivity index (χ1) is 8.98. The molecule has 0 bridgehead atoms. The van der Waals surface area contributed by atoms with Crippen LogP contribution in [0.1, 0.15) is 39.5 Å². The van der Waals surface area contributed by atoms with E-state index in [9.17, 15) is 10.1 Å². The molecule has 0 spiro atoms. The molecule has 108 valence electrons. The highest BCUT2D eigenvalue weighted by Gasteiger charge is 2.31. The maximum atomic E-state index is 10.7. The number of halogens is 1. The Kier molecular flexibility index (Phi) is 6.25. The van der Waals surface area contributed by atoms with Crippen molar-refractivity contribution in [1.29, 1.82) is 0 Å². The maximum Gasteiger partial charge on any atom is 0.492 e. The third kappa shape index (κ3) is 4.17. The second kappa shape index (κ2) is 7.23. The van der Waals surface area contributed by atoms with Gasteiger partial charge in [-0.2, -0.15) is 17.3 Å². The summed E-state index contributed by atoms with van der Waals surface area (Å²) >= 11 is 7.70. The standard InChI is InChI=1S/C11H19BrN4O2S/c1-3-5-11(8-19,6-4-2)7-15-9(12)13-10(14-15)16(17)18/h19H,3-8H2,1-2H3. The zero-order valence-corrected chi connectivity index (χ0v) is 13.7. The van der Waals surface area contributed by atoms with Gasteiger partial charge < -0.3 is 10.1 Å². The fourth-order valence-electron chi connectivity index (χ4n) is 2.36. The Bertz CT molecular complexity index is 432. The zero-order valence-electron chi connectivity index (χ0n) is 11.2. The van der Waals surface area contributed by atoms with Gasteiger partial charge in [-0.25, -0.2) is 0 Å². The topological polar surface area (TPSA) is 73.8 Å². The largest absolute Gasteiger partial charge is 0.492 e. The number of aromatic nitrogens is 3. The fourth-order valence-corrected chi connectivity index (χ4v) is 3.14. The van der Waals surface area contributed by atoms with E-state index in [1.807, 2.05) is 0 Å². The predicted octanol–water partition coefficient (Wildman–Crippen LogP) is 3.47. The number of hydrogen-bond donors (Lipinski definition) is 1. The van der Waals surface area contributed by atoms with Gasteiger partial charge in [-0.1, -0.05) is 26.7 Å². The highest BCUT2D eigenvalue weighted by atomic mass is 79.9. The van der Waals surface area contributed by atoms with Crippen LogP contribution in [0.15, 0.2) is 4.73 Å². The van der Waals surface area contributed by atoms with Crippen molar-refractivity contribution in [2.45, 2.75) is 46.1 Å². The molecule has 8 heteroatoms. The quantitative estimate of drug-likeness (QED) is 0.442. The minimum absolute atomic E-state index is 0.0106. The maximum absolute atomic E-state index is 10.7. The summed E-state index contributed by atoms with van der Waals surface area (Å²) in [7, 11) is 0. The van der Waals surface area contributed by atoms with Crippen LogP contribution in [0.25, 0.3) is 0 Å². The number of thiol groups is 1. The van der Waals surface area contributed by atoms with Crippen LogP contribution in [0, 0.1) is 15.5 Å². The molecule has 1 heterocycles. The Balaban J connectivity index is 2.98. The molecule has 6 nitrogen and oxygen atoms in total. The van der Waals surface area contributed by atoms with Crippen LogP contribution < -0.4 is 0 Å². The van der Waals surface area contributed by atoms with Crippen LogP contribution in [0.5, 0.6) is 0 Å². The van der Waals surface area contributed by atoms with Gasteiger partial charge in [0.1, 0.15) is 0 Å². The van der Waals surface area contributed by atoms with E-state index in [1.165, 1.54) is 0 Å². The van der Waals surface area contributed by atoms with Crippen molar-refractivity contribution >= 4 is 34.5 Å². The number of hydrogen-bond acceptors (Lipinski definition) is 5. The molecule has 1 rings (SSSR count). The van der Waals surface area contributed by atoms with Crippen LogP contribution in [0.4, 0.5) is 5.95 Å². The van der Waals surface area contributed by atoms with Gasteiger partial charge in [-0.3, -0.25) is 0 Å². The second-order valence-corrected chi connectivity index (χ2v) is 5.78. The monoisotopic (exact) mass is 350 g/mol. The minimum Gasteiger partial charge on any atom is -0.390 e. The molecule has 0 saturated heterocycles. The van der Waals surface area contributed by atoms with Crippen molar-refractivity contribution in [2.24, 2.45) is 5.41 Å². The van der Waals surface area contributed by atoms with Crippen LogP contribution in [0.2, 0.25) is 0 Å². The molecule has 0 aromatic carbocycles. The molecule has 0 atom stereocenters. The first-order valence-electron chi connectivity index (χ1n) is 6.33. The van der Waals surface area contributed by atoms with Gasteiger partial charge in [0.05, 0.1) is 6.54 Å². The minimum atomic E-state index is -0.580. The lowest BCUT2D eigenvalue weighted by Crippen LogP contribution is -2.29. The summed E-state index contributed by atoms with van der Waals surface area (Å²) in [6.45, 7) is 4.86. The van der Waals surface area contributed by atoms with Crippen molar-refractivity contribution in [3.8, 4) is 0 Å². The average Bonchev–Trinajstić information content (AvgIpc) is 2.71.